The molecule has 2 saturated heterocycles. The summed E-state index contributed by atoms with van der Waals surface area (Å²) < 4.78 is 10.6. The zero-order valence-electron chi connectivity index (χ0n) is 19.0. The number of nitrogens with one attached hydrogen (secondary N) is 2. The van der Waals surface area contributed by atoms with Gasteiger partial charge in [-0.25, -0.2) is 9.69 Å². The lowest BCUT2D eigenvalue weighted by Gasteiger charge is -2.29. The summed E-state index contributed by atoms with van der Waals surface area (Å²) in [5.74, 6) is -0.376. The lowest BCUT2D eigenvalue weighted by molar-refractivity contribution is -0.136. The summed E-state index contributed by atoms with van der Waals surface area (Å²) in [5.41, 5.74) is 0.924. The Morgan fingerprint density at radius 3 is 2.52 bits per heavy atom. The van der Waals surface area contributed by atoms with Gasteiger partial charge in [0.25, 0.3) is 5.91 Å². The van der Waals surface area contributed by atoms with E-state index in [0.29, 0.717) is 30.2 Å². The van der Waals surface area contributed by atoms with E-state index >= 15 is 0 Å². The van der Waals surface area contributed by atoms with E-state index < -0.39 is 29.4 Å². The summed E-state index contributed by atoms with van der Waals surface area (Å²) in [6.07, 6.45) is 0. The number of benzene rings is 2. The van der Waals surface area contributed by atoms with Crippen LogP contribution in [0.2, 0.25) is 0 Å². The van der Waals surface area contributed by atoms with Crippen molar-refractivity contribution in [2.45, 2.75) is 25.4 Å². The Bertz CT molecular complexity index is 1050. The molecule has 4 amide bonds. The summed E-state index contributed by atoms with van der Waals surface area (Å²) in [6, 6.07) is 12.8. The van der Waals surface area contributed by atoms with E-state index in [1.165, 1.54) is 14.0 Å². The predicted molar refractivity (Wildman–Crippen MR) is 123 cm³/mol. The van der Waals surface area contributed by atoms with Crippen molar-refractivity contribution in [3.8, 4) is 5.75 Å². The monoisotopic (exact) mass is 452 g/mol. The van der Waals surface area contributed by atoms with Crippen LogP contribution in [0, 0.1) is 0 Å². The molecule has 0 saturated carbocycles. The molecule has 0 unspecified atom stereocenters. The molecule has 2 N–H and O–H groups in total. The third kappa shape index (κ3) is 4.36. The van der Waals surface area contributed by atoms with Crippen LogP contribution in [0.25, 0.3) is 0 Å². The molecule has 9 nitrogen and oxygen atoms in total. The number of urea groups is 1. The maximum atomic E-state index is 13.3. The molecule has 2 aromatic rings. The van der Waals surface area contributed by atoms with Gasteiger partial charge in [0, 0.05) is 24.5 Å². The van der Waals surface area contributed by atoms with Crippen molar-refractivity contribution in [3.05, 3.63) is 54.1 Å². The minimum absolute atomic E-state index is 0.451. The van der Waals surface area contributed by atoms with E-state index in [-0.39, 0.29) is 0 Å². The molecule has 2 aliphatic heterocycles. The summed E-state index contributed by atoms with van der Waals surface area (Å²) in [7, 11) is 1.53. The Labute approximate surface area is 192 Å². The number of amides is 4. The zero-order chi connectivity index (χ0) is 23.6. The average Bonchev–Trinajstić information content (AvgIpc) is 3.08. The van der Waals surface area contributed by atoms with Gasteiger partial charge in [0.2, 0.25) is 5.91 Å². The Hall–Kier alpha value is -3.59. The molecule has 9 heteroatoms. The van der Waals surface area contributed by atoms with Crippen molar-refractivity contribution in [1.82, 2.24) is 10.2 Å². The van der Waals surface area contributed by atoms with Gasteiger partial charge in [0.05, 0.1) is 20.3 Å². The lowest BCUT2D eigenvalue weighted by atomic mass is 9.91. The van der Waals surface area contributed by atoms with Gasteiger partial charge in [-0.15, -0.1) is 0 Å². The van der Waals surface area contributed by atoms with E-state index in [1.54, 1.807) is 31.2 Å². The van der Waals surface area contributed by atoms with Crippen LogP contribution in [0.15, 0.2) is 48.5 Å². The molecule has 2 aliphatic rings. The Morgan fingerprint density at radius 1 is 1.15 bits per heavy atom. The number of anilines is 2. The first-order chi connectivity index (χ1) is 15.8. The number of morpholine rings is 1. The molecule has 2 aromatic carbocycles. The van der Waals surface area contributed by atoms with Crippen molar-refractivity contribution < 1.29 is 23.9 Å². The second-order valence-electron chi connectivity index (χ2n) is 8.27. The van der Waals surface area contributed by atoms with Gasteiger partial charge in [-0.3, -0.25) is 9.59 Å². The van der Waals surface area contributed by atoms with E-state index in [2.05, 4.69) is 15.5 Å². The molecule has 4 rings (SSSR count). The summed E-state index contributed by atoms with van der Waals surface area (Å²) in [4.78, 5) is 42.1. The number of rotatable bonds is 6. The molecule has 174 valence electrons. The van der Waals surface area contributed by atoms with Gasteiger partial charge >= 0.3 is 6.03 Å². The van der Waals surface area contributed by atoms with Crippen LogP contribution >= 0.6 is 0 Å². The molecule has 2 heterocycles. The number of methoxy groups -OCH3 is 1. The van der Waals surface area contributed by atoms with Gasteiger partial charge in [0.15, 0.2) is 0 Å². The fourth-order valence-corrected chi connectivity index (χ4v) is 4.08. The molecular formula is C24H28N4O5. The highest BCUT2D eigenvalue weighted by Crippen LogP contribution is 2.32. The number of hydrogen-bond donors (Lipinski definition) is 2. The van der Waals surface area contributed by atoms with Crippen molar-refractivity contribution >= 4 is 29.2 Å². The first-order valence-electron chi connectivity index (χ1n) is 10.9. The van der Waals surface area contributed by atoms with Crippen molar-refractivity contribution in [3.63, 3.8) is 0 Å². The zero-order valence-corrected chi connectivity index (χ0v) is 19.0. The van der Waals surface area contributed by atoms with Crippen molar-refractivity contribution in [1.29, 1.82) is 0 Å². The summed E-state index contributed by atoms with van der Waals surface area (Å²) >= 11 is 0. The highest BCUT2D eigenvalue weighted by atomic mass is 16.5. The molecule has 33 heavy (non-hydrogen) atoms. The summed E-state index contributed by atoms with van der Waals surface area (Å²) in [6.45, 7) is 6.18. The fourth-order valence-electron chi connectivity index (χ4n) is 4.08. The molecule has 0 aromatic heterocycles. The second-order valence-corrected chi connectivity index (χ2v) is 8.27. The number of carbonyl (C=O) groups excluding carboxylic acids is 3. The second kappa shape index (κ2) is 9.11. The number of carbonyl (C=O) groups is 3. The molecule has 0 aliphatic carbocycles. The number of ether oxygens (including phenoxy) is 2. The molecular weight excluding hydrogens is 424 g/mol. The topological polar surface area (TPSA) is 100 Å². The maximum absolute atomic E-state index is 13.3. The first kappa shape index (κ1) is 22.6. The third-order valence-electron chi connectivity index (χ3n) is 6.15. The highest BCUT2D eigenvalue weighted by molar-refractivity contribution is 6.11. The van der Waals surface area contributed by atoms with Crippen molar-refractivity contribution in [2.75, 3.05) is 43.6 Å². The smallest absolute Gasteiger partial charge is 0.326 e. The lowest BCUT2D eigenvalue weighted by Crippen LogP contribution is -2.47. The van der Waals surface area contributed by atoms with Crippen LogP contribution < -0.4 is 20.3 Å². The van der Waals surface area contributed by atoms with E-state index in [4.69, 9.17) is 9.47 Å². The van der Waals surface area contributed by atoms with Crippen LogP contribution in [0.3, 0.4) is 0 Å². The van der Waals surface area contributed by atoms with Gasteiger partial charge in [-0.2, -0.15) is 0 Å². The number of nitrogens with zero attached hydrogens (tertiary/aromatic N) is 2. The minimum atomic E-state index is -1.29. The first-order valence-corrected chi connectivity index (χ1v) is 10.9. The number of imide groups is 1. The average molecular weight is 453 g/mol. The van der Waals surface area contributed by atoms with Crippen LogP contribution in [0.4, 0.5) is 16.2 Å². The van der Waals surface area contributed by atoms with Gasteiger partial charge in [-0.05, 0) is 55.8 Å². The van der Waals surface area contributed by atoms with Crippen LogP contribution in [-0.2, 0) is 19.9 Å². The fraction of sp³-hybridized carbons (Fsp3) is 0.375. The standard InChI is InChI=1S/C24H28N4O5/c1-16(21(29)25-18-7-9-19(10-8-18)27-11-13-33-14-12-27)28-22(30)24(2,26-23(28)31)17-5-4-6-20(15-17)32-3/h4-10,15-16H,11-14H2,1-3H3,(H,25,29)(H,26,31)/t16-,24-/m0/s1. The Balaban J connectivity index is 1.45. The van der Waals surface area contributed by atoms with Crippen molar-refractivity contribution in [2.24, 2.45) is 0 Å². The van der Waals surface area contributed by atoms with Crippen LogP contribution in [0.1, 0.15) is 19.4 Å². The van der Waals surface area contributed by atoms with E-state index in [1.807, 2.05) is 24.3 Å². The molecule has 2 atom stereocenters. The molecule has 0 spiro atoms. The van der Waals surface area contributed by atoms with Gasteiger partial charge < -0.3 is 25.0 Å². The van der Waals surface area contributed by atoms with Gasteiger partial charge in [0.1, 0.15) is 17.3 Å². The third-order valence-corrected chi connectivity index (χ3v) is 6.15. The van der Waals surface area contributed by atoms with Gasteiger partial charge in [-0.1, -0.05) is 12.1 Å². The van der Waals surface area contributed by atoms with E-state index in [9.17, 15) is 14.4 Å². The molecule has 0 radical (unpaired) electrons. The quantitative estimate of drug-likeness (QED) is 0.653. The van der Waals surface area contributed by atoms with E-state index in [0.717, 1.165) is 23.7 Å². The molecule has 2 fully saturated rings. The summed E-state index contributed by atoms with van der Waals surface area (Å²) in [5, 5.41) is 5.53. The minimum Gasteiger partial charge on any atom is -0.497 e. The normalized spacial score (nSPS) is 21.5. The maximum Gasteiger partial charge on any atom is 0.326 e. The predicted octanol–water partition coefficient (Wildman–Crippen LogP) is 2.33. The SMILES string of the molecule is COc1cccc([C@]2(C)NC(=O)N([C@@H](C)C(=O)Nc3ccc(N4CCOCC4)cc3)C2=O)c1. The Kier molecular flexibility index (Phi) is 6.24. The van der Waals surface area contributed by atoms with Crippen LogP contribution in [0.5, 0.6) is 5.75 Å². The number of hydrogen-bond acceptors (Lipinski definition) is 6. The van der Waals surface area contributed by atoms with Crippen LogP contribution in [-0.4, -0.2) is 62.2 Å². The molecule has 0 bridgehead atoms. The Morgan fingerprint density at radius 2 is 1.85 bits per heavy atom. The largest absolute Gasteiger partial charge is 0.497 e. The highest BCUT2D eigenvalue weighted by Gasteiger charge is 2.51.